The Labute approximate surface area is 177 Å². The first-order valence-electron chi connectivity index (χ1n) is 8.67. The van der Waals surface area contributed by atoms with E-state index < -0.39 is 0 Å². The first kappa shape index (κ1) is 20.1. The largest absolute Gasteiger partial charge is 0.488 e. The summed E-state index contributed by atoms with van der Waals surface area (Å²) in [4.78, 5) is 15.9. The Hall–Kier alpha value is -2.69. The Morgan fingerprint density at radius 3 is 2.71 bits per heavy atom. The molecule has 0 bridgehead atoms. The third-order valence-electron chi connectivity index (χ3n) is 4.44. The van der Waals surface area contributed by atoms with Gasteiger partial charge in [-0.1, -0.05) is 34.1 Å². The van der Waals surface area contributed by atoms with E-state index in [0.717, 1.165) is 15.6 Å². The molecular weight excluding hydrogens is 438 g/mol. The predicted molar refractivity (Wildman–Crippen MR) is 115 cm³/mol. The highest BCUT2D eigenvalue weighted by atomic mass is 79.9. The molecule has 0 unspecified atom stereocenters. The molecule has 1 aliphatic heterocycles. The molecule has 3 rings (SSSR count). The summed E-state index contributed by atoms with van der Waals surface area (Å²) in [5.41, 5.74) is 2.63. The summed E-state index contributed by atoms with van der Waals surface area (Å²) in [7, 11) is 1.78. The van der Waals surface area contributed by atoms with Crippen LogP contribution in [0.2, 0.25) is 0 Å². The highest BCUT2D eigenvalue weighted by molar-refractivity contribution is 9.10. The molecule has 0 spiro atoms. The van der Waals surface area contributed by atoms with Gasteiger partial charge in [0.2, 0.25) is 0 Å². The Bertz CT molecular complexity index is 1010. The SMILES string of the molecule is CCN1C(=O)C(=Cc2cc(Br)ccc2OCc2ccccc2C#N)N(C)C1=S. The predicted octanol–water partition coefficient (Wildman–Crippen LogP) is 4.32. The Kier molecular flexibility index (Phi) is 6.12. The minimum atomic E-state index is -0.129. The number of hydrogen-bond donors (Lipinski definition) is 0. The second-order valence-corrected chi connectivity index (χ2v) is 7.44. The molecule has 1 heterocycles. The molecule has 0 aromatic heterocycles. The molecule has 0 saturated carbocycles. The average Bonchev–Trinajstić information content (AvgIpc) is 2.90. The smallest absolute Gasteiger partial charge is 0.276 e. The molecule has 28 heavy (non-hydrogen) atoms. The average molecular weight is 456 g/mol. The van der Waals surface area contributed by atoms with Gasteiger partial charge in [-0.25, -0.2) is 0 Å². The number of nitrogens with zero attached hydrogens (tertiary/aromatic N) is 3. The van der Waals surface area contributed by atoms with Crippen molar-refractivity contribution >= 4 is 45.2 Å². The van der Waals surface area contributed by atoms with E-state index in [2.05, 4.69) is 22.0 Å². The second kappa shape index (κ2) is 8.55. The van der Waals surface area contributed by atoms with Crippen molar-refractivity contribution < 1.29 is 9.53 Å². The Morgan fingerprint density at radius 2 is 2.04 bits per heavy atom. The Balaban J connectivity index is 1.93. The van der Waals surface area contributed by atoms with Crippen LogP contribution in [0.5, 0.6) is 5.75 Å². The first-order chi connectivity index (χ1) is 13.5. The normalized spacial score (nSPS) is 15.3. The van der Waals surface area contributed by atoms with Crippen molar-refractivity contribution in [3.05, 3.63) is 69.3 Å². The zero-order chi connectivity index (χ0) is 20.3. The highest BCUT2D eigenvalue weighted by Gasteiger charge is 2.34. The van der Waals surface area contributed by atoms with Crippen molar-refractivity contribution in [3.63, 3.8) is 0 Å². The standard InChI is InChI=1S/C21H18BrN3O2S/c1-3-25-20(26)18(24(2)21(25)28)11-16-10-17(22)8-9-19(16)27-13-15-7-5-4-6-14(15)12-23/h4-11H,3,13H2,1-2H3. The summed E-state index contributed by atoms with van der Waals surface area (Å²) in [6, 6.07) is 15.1. The van der Waals surface area contributed by atoms with Gasteiger partial charge in [-0.3, -0.25) is 9.69 Å². The number of benzene rings is 2. The molecule has 1 aliphatic rings. The van der Waals surface area contributed by atoms with Crippen LogP contribution in [0.1, 0.15) is 23.6 Å². The molecular formula is C21H18BrN3O2S. The fourth-order valence-electron chi connectivity index (χ4n) is 2.91. The van der Waals surface area contributed by atoms with Crippen LogP contribution in [-0.4, -0.2) is 34.4 Å². The van der Waals surface area contributed by atoms with Gasteiger partial charge in [-0.2, -0.15) is 5.26 Å². The molecule has 1 saturated heterocycles. The summed E-state index contributed by atoms with van der Waals surface area (Å²) in [5, 5.41) is 9.73. The van der Waals surface area contributed by atoms with Crippen molar-refractivity contribution in [1.29, 1.82) is 5.26 Å². The van der Waals surface area contributed by atoms with Crippen LogP contribution >= 0.6 is 28.1 Å². The summed E-state index contributed by atoms with van der Waals surface area (Å²) in [5.74, 6) is 0.487. The van der Waals surface area contributed by atoms with E-state index in [9.17, 15) is 10.1 Å². The van der Waals surface area contributed by atoms with E-state index >= 15 is 0 Å². The monoisotopic (exact) mass is 455 g/mol. The zero-order valence-electron chi connectivity index (χ0n) is 15.5. The van der Waals surface area contributed by atoms with Gasteiger partial charge >= 0.3 is 0 Å². The molecule has 2 aromatic rings. The van der Waals surface area contributed by atoms with E-state index in [1.165, 1.54) is 0 Å². The van der Waals surface area contributed by atoms with Gasteiger partial charge in [0.15, 0.2) is 5.11 Å². The van der Waals surface area contributed by atoms with Crippen LogP contribution in [0.3, 0.4) is 0 Å². The number of hydrogen-bond acceptors (Lipinski definition) is 4. The number of ether oxygens (including phenoxy) is 1. The maximum atomic E-state index is 12.7. The number of rotatable bonds is 5. The fraction of sp³-hybridized carbons (Fsp3) is 0.190. The highest BCUT2D eigenvalue weighted by Crippen LogP contribution is 2.29. The summed E-state index contributed by atoms with van der Waals surface area (Å²) >= 11 is 8.82. The van der Waals surface area contributed by atoms with Crippen molar-refractivity contribution in [2.75, 3.05) is 13.6 Å². The Morgan fingerprint density at radius 1 is 1.29 bits per heavy atom. The van der Waals surface area contributed by atoms with Gasteiger partial charge in [-0.05, 0) is 49.5 Å². The number of amides is 1. The fourth-order valence-corrected chi connectivity index (χ4v) is 3.60. The molecule has 0 radical (unpaired) electrons. The quantitative estimate of drug-likeness (QED) is 0.496. The lowest BCUT2D eigenvalue weighted by Crippen LogP contribution is -2.30. The van der Waals surface area contributed by atoms with Crippen molar-refractivity contribution in [2.45, 2.75) is 13.5 Å². The van der Waals surface area contributed by atoms with Gasteiger partial charge in [0.25, 0.3) is 5.91 Å². The topological polar surface area (TPSA) is 56.6 Å². The van der Waals surface area contributed by atoms with Crippen molar-refractivity contribution in [1.82, 2.24) is 9.80 Å². The van der Waals surface area contributed by atoms with E-state index in [1.54, 1.807) is 29.0 Å². The van der Waals surface area contributed by atoms with E-state index in [0.29, 0.717) is 28.7 Å². The molecule has 7 heteroatoms. The van der Waals surface area contributed by atoms with Gasteiger partial charge in [0.1, 0.15) is 18.1 Å². The van der Waals surface area contributed by atoms with Crippen LogP contribution in [0.25, 0.3) is 6.08 Å². The lowest BCUT2D eigenvalue weighted by atomic mass is 10.1. The minimum Gasteiger partial charge on any atom is -0.488 e. The van der Waals surface area contributed by atoms with Crippen LogP contribution in [-0.2, 0) is 11.4 Å². The molecule has 2 aromatic carbocycles. The number of thiocarbonyl (C=S) groups is 1. The van der Waals surface area contributed by atoms with E-state index in [4.69, 9.17) is 17.0 Å². The van der Waals surface area contributed by atoms with Crippen LogP contribution in [0, 0.1) is 11.3 Å². The zero-order valence-corrected chi connectivity index (χ0v) is 17.9. The molecule has 1 amide bonds. The van der Waals surface area contributed by atoms with Gasteiger partial charge < -0.3 is 9.64 Å². The summed E-state index contributed by atoms with van der Waals surface area (Å²) in [6.07, 6.45) is 1.78. The van der Waals surface area contributed by atoms with Gasteiger partial charge in [0.05, 0.1) is 11.6 Å². The van der Waals surface area contributed by atoms with E-state index in [1.807, 2.05) is 43.3 Å². The molecule has 5 nitrogen and oxygen atoms in total. The van der Waals surface area contributed by atoms with E-state index in [-0.39, 0.29) is 12.5 Å². The van der Waals surface area contributed by atoms with Crippen LogP contribution < -0.4 is 4.74 Å². The number of carbonyl (C=O) groups excluding carboxylic acids is 1. The molecule has 1 fully saturated rings. The summed E-state index contributed by atoms with van der Waals surface area (Å²) < 4.78 is 6.86. The van der Waals surface area contributed by atoms with Crippen molar-refractivity contribution in [2.24, 2.45) is 0 Å². The maximum absolute atomic E-state index is 12.7. The third kappa shape index (κ3) is 3.93. The lowest BCUT2D eigenvalue weighted by Gasteiger charge is -2.14. The van der Waals surface area contributed by atoms with Gasteiger partial charge in [-0.15, -0.1) is 0 Å². The second-order valence-electron chi connectivity index (χ2n) is 6.16. The number of likely N-dealkylation sites (N-methyl/N-ethyl adjacent to an activating group) is 2. The first-order valence-corrected chi connectivity index (χ1v) is 9.88. The molecule has 0 N–H and O–H groups in total. The van der Waals surface area contributed by atoms with Crippen molar-refractivity contribution in [3.8, 4) is 11.8 Å². The lowest BCUT2D eigenvalue weighted by molar-refractivity contribution is -0.122. The van der Waals surface area contributed by atoms with Gasteiger partial charge in [0, 0.05) is 29.2 Å². The minimum absolute atomic E-state index is 0.129. The number of carbonyl (C=O) groups is 1. The number of nitriles is 1. The number of halogens is 1. The summed E-state index contributed by atoms with van der Waals surface area (Å²) in [6.45, 7) is 2.66. The molecule has 0 aliphatic carbocycles. The van der Waals surface area contributed by atoms with Crippen LogP contribution in [0.15, 0.2) is 52.6 Å². The molecule has 0 atom stereocenters. The third-order valence-corrected chi connectivity index (χ3v) is 5.43. The van der Waals surface area contributed by atoms with Crippen LogP contribution in [0.4, 0.5) is 0 Å². The molecule has 142 valence electrons. The maximum Gasteiger partial charge on any atom is 0.276 e.